The first-order chi connectivity index (χ1) is 10.5. The van der Waals surface area contributed by atoms with E-state index in [2.05, 4.69) is 10.6 Å². The maximum absolute atomic E-state index is 12.5. The van der Waals surface area contributed by atoms with E-state index < -0.39 is 6.04 Å². The molecule has 2 N–H and O–H groups in total. The quantitative estimate of drug-likeness (QED) is 0.896. The Morgan fingerprint density at radius 1 is 1.32 bits per heavy atom. The van der Waals surface area contributed by atoms with E-state index in [1.54, 1.807) is 24.1 Å². The fourth-order valence-electron chi connectivity index (χ4n) is 2.60. The largest absolute Gasteiger partial charge is 0.495 e. The second kappa shape index (κ2) is 7.15. The van der Waals surface area contributed by atoms with Crippen molar-refractivity contribution < 1.29 is 14.3 Å². The lowest BCUT2D eigenvalue weighted by Gasteiger charge is -2.25. The summed E-state index contributed by atoms with van der Waals surface area (Å²) in [6.45, 7) is 4.40. The Balaban J connectivity index is 2.06. The van der Waals surface area contributed by atoms with Crippen LogP contribution in [0.15, 0.2) is 24.3 Å². The van der Waals surface area contributed by atoms with Crippen molar-refractivity contribution in [3.8, 4) is 5.75 Å². The Labute approximate surface area is 130 Å². The molecule has 0 bridgehead atoms. The van der Waals surface area contributed by atoms with Gasteiger partial charge < -0.3 is 20.3 Å². The summed E-state index contributed by atoms with van der Waals surface area (Å²) in [5.41, 5.74) is 0.602. The summed E-state index contributed by atoms with van der Waals surface area (Å²) in [5, 5.41) is 5.69. The molecule has 3 amide bonds. The van der Waals surface area contributed by atoms with E-state index in [4.69, 9.17) is 4.74 Å². The Bertz CT molecular complexity index is 545. The van der Waals surface area contributed by atoms with Gasteiger partial charge in [-0.1, -0.05) is 12.1 Å². The number of nitrogens with zero attached hydrogens (tertiary/aromatic N) is 1. The molecule has 1 heterocycles. The number of anilines is 1. The lowest BCUT2D eigenvalue weighted by molar-refractivity contribution is -0.125. The van der Waals surface area contributed by atoms with Crippen LogP contribution in [0.2, 0.25) is 0 Å². The van der Waals surface area contributed by atoms with Gasteiger partial charge in [-0.05, 0) is 38.8 Å². The first-order valence-electron chi connectivity index (χ1n) is 7.54. The van der Waals surface area contributed by atoms with Crippen molar-refractivity contribution in [2.24, 2.45) is 0 Å². The molecule has 22 heavy (non-hydrogen) atoms. The van der Waals surface area contributed by atoms with Gasteiger partial charge in [0.15, 0.2) is 0 Å². The van der Waals surface area contributed by atoms with E-state index in [-0.39, 0.29) is 18.0 Å². The number of hydrogen-bond donors (Lipinski definition) is 2. The summed E-state index contributed by atoms with van der Waals surface area (Å²) in [6.07, 6.45) is 1.52. The van der Waals surface area contributed by atoms with Crippen molar-refractivity contribution in [3.05, 3.63) is 24.3 Å². The summed E-state index contributed by atoms with van der Waals surface area (Å²) in [7, 11) is 1.56. The van der Waals surface area contributed by atoms with Gasteiger partial charge in [-0.15, -0.1) is 0 Å². The summed E-state index contributed by atoms with van der Waals surface area (Å²) >= 11 is 0. The van der Waals surface area contributed by atoms with Crippen LogP contribution in [0.4, 0.5) is 10.5 Å². The number of likely N-dealkylation sites (tertiary alicyclic amines) is 1. The molecule has 2 rings (SSSR count). The van der Waals surface area contributed by atoms with Crippen LogP contribution < -0.4 is 15.4 Å². The van der Waals surface area contributed by atoms with Crippen LogP contribution in [0, 0.1) is 0 Å². The zero-order valence-electron chi connectivity index (χ0n) is 13.3. The predicted octanol–water partition coefficient (Wildman–Crippen LogP) is 2.22. The van der Waals surface area contributed by atoms with Gasteiger partial charge in [0.1, 0.15) is 11.8 Å². The molecule has 1 aliphatic heterocycles. The van der Waals surface area contributed by atoms with E-state index in [0.717, 1.165) is 6.42 Å². The van der Waals surface area contributed by atoms with Crippen molar-refractivity contribution in [1.29, 1.82) is 0 Å². The monoisotopic (exact) mass is 305 g/mol. The van der Waals surface area contributed by atoms with Gasteiger partial charge in [0.25, 0.3) is 0 Å². The number of benzene rings is 1. The lowest BCUT2D eigenvalue weighted by atomic mass is 10.2. The van der Waals surface area contributed by atoms with E-state index in [1.807, 2.05) is 26.0 Å². The average Bonchev–Trinajstić information content (AvgIpc) is 2.96. The fourth-order valence-corrected chi connectivity index (χ4v) is 2.60. The van der Waals surface area contributed by atoms with Crippen molar-refractivity contribution in [2.45, 2.75) is 38.8 Å². The van der Waals surface area contributed by atoms with Gasteiger partial charge in [0.2, 0.25) is 5.91 Å². The molecule has 120 valence electrons. The predicted molar refractivity (Wildman–Crippen MR) is 85.0 cm³/mol. The molecular formula is C16H23N3O3. The highest BCUT2D eigenvalue weighted by Gasteiger charge is 2.34. The topological polar surface area (TPSA) is 70.7 Å². The highest BCUT2D eigenvalue weighted by atomic mass is 16.5. The second-order valence-corrected chi connectivity index (χ2v) is 5.65. The fraction of sp³-hybridized carbons (Fsp3) is 0.500. The number of urea groups is 1. The number of amides is 3. The molecule has 6 nitrogen and oxygen atoms in total. The maximum atomic E-state index is 12.5. The number of carbonyl (C=O) groups excluding carboxylic acids is 2. The molecule has 0 radical (unpaired) electrons. The first kappa shape index (κ1) is 16.1. The van der Waals surface area contributed by atoms with Crippen LogP contribution in [-0.4, -0.2) is 42.6 Å². The molecule has 1 atom stereocenters. The number of carbonyl (C=O) groups is 2. The van der Waals surface area contributed by atoms with Crippen LogP contribution in [0.25, 0.3) is 0 Å². The summed E-state index contributed by atoms with van der Waals surface area (Å²) in [6, 6.07) is 6.60. The third kappa shape index (κ3) is 3.69. The number of hydrogen-bond acceptors (Lipinski definition) is 3. The van der Waals surface area contributed by atoms with Crippen LogP contribution in [0.3, 0.4) is 0 Å². The Morgan fingerprint density at radius 2 is 2.05 bits per heavy atom. The SMILES string of the molecule is COc1ccccc1NC(=O)N1CCC[C@@H]1C(=O)NC(C)C. The molecule has 1 aliphatic rings. The first-order valence-corrected chi connectivity index (χ1v) is 7.54. The highest BCUT2D eigenvalue weighted by molar-refractivity contribution is 5.95. The highest BCUT2D eigenvalue weighted by Crippen LogP contribution is 2.25. The molecule has 0 aromatic heterocycles. The summed E-state index contributed by atoms with van der Waals surface area (Å²) in [4.78, 5) is 26.2. The van der Waals surface area contributed by atoms with E-state index in [1.165, 1.54) is 0 Å². The average molecular weight is 305 g/mol. The van der Waals surface area contributed by atoms with Gasteiger partial charge in [0, 0.05) is 12.6 Å². The lowest BCUT2D eigenvalue weighted by Crippen LogP contribution is -2.48. The minimum absolute atomic E-state index is 0.0622. The van der Waals surface area contributed by atoms with Crippen molar-refractivity contribution in [3.63, 3.8) is 0 Å². The molecule has 0 saturated carbocycles. The normalized spacial score (nSPS) is 17.5. The van der Waals surface area contributed by atoms with Gasteiger partial charge in [0.05, 0.1) is 12.8 Å². The number of nitrogens with one attached hydrogen (secondary N) is 2. The van der Waals surface area contributed by atoms with E-state index in [0.29, 0.717) is 24.4 Å². The molecule has 1 aromatic rings. The van der Waals surface area contributed by atoms with Crippen LogP contribution >= 0.6 is 0 Å². The number of ether oxygens (including phenoxy) is 1. The number of methoxy groups -OCH3 is 1. The molecule has 6 heteroatoms. The Morgan fingerprint density at radius 3 is 2.73 bits per heavy atom. The van der Waals surface area contributed by atoms with Gasteiger partial charge in [-0.3, -0.25) is 4.79 Å². The summed E-state index contributed by atoms with van der Waals surface area (Å²) in [5.74, 6) is 0.501. The maximum Gasteiger partial charge on any atom is 0.322 e. The van der Waals surface area contributed by atoms with Crippen molar-refractivity contribution in [2.75, 3.05) is 19.0 Å². The molecule has 0 aliphatic carbocycles. The van der Waals surface area contributed by atoms with Crippen LogP contribution in [0.1, 0.15) is 26.7 Å². The van der Waals surface area contributed by atoms with Crippen molar-refractivity contribution in [1.82, 2.24) is 10.2 Å². The number of para-hydroxylation sites is 2. The summed E-state index contributed by atoms with van der Waals surface area (Å²) < 4.78 is 5.22. The third-order valence-electron chi connectivity index (χ3n) is 3.60. The minimum atomic E-state index is -0.405. The minimum Gasteiger partial charge on any atom is -0.495 e. The molecule has 1 aromatic carbocycles. The zero-order valence-corrected chi connectivity index (χ0v) is 13.3. The van der Waals surface area contributed by atoms with Crippen molar-refractivity contribution >= 4 is 17.6 Å². The number of rotatable bonds is 4. The Hall–Kier alpha value is -2.24. The molecular weight excluding hydrogens is 282 g/mol. The molecule has 1 fully saturated rings. The molecule has 0 spiro atoms. The Kier molecular flexibility index (Phi) is 5.25. The van der Waals surface area contributed by atoms with Crippen LogP contribution in [0.5, 0.6) is 5.75 Å². The second-order valence-electron chi connectivity index (χ2n) is 5.65. The molecule has 0 unspecified atom stereocenters. The molecule has 1 saturated heterocycles. The smallest absolute Gasteiger partial charge is 0.322 e. The van der Waals surface area contributed by atoms with E-state index >= 15 is 0 Å². The zero-order chi connectivity index (χ0) is 16.1. The van der Waals surface area contributed by atoms with Gasteiger partial charge >= 0.3 is 6.03 Å². The van der Waals surface area contributed by atoms with Gasteiger partial charge in [-0.25, -0.2) is 4.79 Å². The van der Waals surface area contributed by atoms with Crippen LogP contribution in [-0.2, 0) is 4.79 Å². The standard InChI is InChI=1S/C16H23N3O3/c1-11(2)17-15(20)13-8-6-10-19(13)16(21)18-12-7-4-5-9-14(12)22-3/h4-5,7,9,11,13H,6,8,10H2,1-3H3,(H,17,20)(H,18,21)/t13-/m1/s1. The third-order valence-corrected chi connectivity index (χ3v) is 3.60. The van der Waals surface area contributed by atoms with E-state index in [9.17, 15) is 9.59 Å². The van der Waals surface area contributed by atoms with Gasteiger partial charge in [-0.2, -0.15) is 0 Å².